The van der Waals surface area contributed by atoms with Crippen molar-refractivity contribution >= 4 is 86.0 Å². The smallest absolute Gasteiger partial charge is 0.139 e. The first-order chi connectivity index (χ1) is 21.3. The molecule has 0 atom stereocenters. The Kier molecular flexibility index (Phi) is 4.63. The van der Waals surface area contributed by atoms with E-state index in [4.69, 9.17) is 8.83 Å². The third-order valence-electron chi connectivity index (χ3n) is 8.94. The molecular formula is C40H22O2S. The maximum absolute atomic E-state index is 6.24. The van der Waals surface area contributed by atoms with Gasteiger partial charge in [-0.3, -0.25) is 0 Å². The molecule has 0 aliphatic carbocycles. The average molecular weight is 567 g/mol. The summed E-state index contributed by atoms with van der Waals surface area (Å²) in [7, 11) is 0. The Bertz CT molecular complexity index is 2680. The number of hydrogen-bond donors (Lipinski definition) is 0. The van der Waals surface area contributed by atoms with E-state index in [1.165, 1.54) is 58.4 Å². The molecule has 0 N–H and O–H groups in total. The number of para-hydroxylation sites is 1. The molecule has 0 spiro atoms. The minimum absolute atomic E-state index is 0.827. The second-order valence-electron chi connectivity index (χ2n) is 11.2. The lowest BCUT2D eigenvalue weighted by atomic mass is 9.85. The van der Waals surface area contributed by atoms with Crippen LogP contribution in [0.15, 0.2) is 142 Å². The van der Waals surface area contributed by atoms with Gasteiger partial charge in [0.1, 0.15) is 16.7 Å². The topological polar surface area (TPSA) is 26.3 Å². The molecule has 10 rings (SSSR count). The van der Waals surface area contributed by atoms with Crippen LogP contribution in [0.1, 0.15) is 0 Å². The summed E-state index contributed by atoms with van der Waals surface area (Å²) in [6.45, 7) is 0. The van der Waals surface area contributed by atoms with E-state index in [0.717, 1.165) is 38.5 Å². The van der Waals surface area contributed by atoms with Crippen molar-refractivity contribution in [1.29, 1.82) is 0 Å². The van der Waals surface area contributed by atoms with Gasteiger partial charge >= 0.3 is 0 Å². The van der Waals surface area contributed by atoms with Crippen LogP contribution < -0.4 is 0 Å². The lowest BCUT2D eigenvalue weighted by Crippen LogP contribution is -1.90. The van der Waals surface area contributed by atoms with Crippen LogP contribution in [0, 0.1) is 0 Å². The predicted molar refractivity (Wildman–Crippen MR) is 182 cm³/mol. The molecule has 0 aliphatic rings. The van der Waals surface area contributed by atoms with E-state index in [2.05, 4.69) is 109 Å². The van der Waals surface area contributed by atoms with Crippen molar-refractivity contribution in [1.82, 2.24) is 0 Å². The van der Waals surface area contributed by atoms with Gasteiger partial charge < -0.3 is 8.83 Å². The minimum atomic E-state index is 0.827. The van der Waals surface area contributed by atoms with E-state index in [1.807, 2.05) is 35.8 Å². The van der Waals surface area contributed by atoms with Gasteiger partial charge in [0.05, 0.1) is 6.26 Å². The predicted octanol–water partition coefficient (Wildman–Crippen LogP) is 12.3. The molecule has 2 nitrogen and oxygen atoms in total. The number of rotatable bonds is 2. The highest BCUT2D eigenvalue weighted by atomic mass is 32.1. The van der Waals surface area contributed by atoms with Gasteiger partial charge in [0.15, 0.2) is 0 Å². The second kappa shape index (κ2) is 8.57. The third-order valence-corrected chi connectivity index (χ3v) is 10.1. The van der Waals surface area contributed by atoms with Crippen LogP contribution in [0.5, 0.6) is 0 Å². The molecule has 7 aromatic carbocycles. The molecule has 0 saturated heterocycles. The number of thiophene rings is 1. The Morgan fingerprint density at radius 1 is 0.395 bits per heavy atom. The zero-order valence-electron chi connectivity index (χ0n) is 22.9. The largest absolute Gasteiger partial charge is 0.464 e. The molecule has 0 amide bonds. The lowest BCUT2D eigenvalue weighted by Gasteiger charge is -2.17. The molecular weight excluding hydrogens is 545 g/mol. The van der Waals surface area contributed by atoms with Crippen molar-refractivity contribution in [3.05, 3.63) is 134 Å². The van der Waals surface area contributed by atoms with E-state index in [9.17, 15) is 0 Å². The summed E-state index contributed by atoms with van der Waals surface area (Å²) in [5.74, 6) is 0. The van der Waals surface area contributed by atoms with Crippen LogP contribution in [-0.4, -0.2) is 0 Å². The fourth-order valence-electron chi connectivity index (χ4n) is 7.05. The van der Waals surface area contributed by atoms with Gasteiger partial charge in [-0.2, -0.15) is 0 Å². The molecule has 10 aromatic rings. The summed E-state index contributed by atoms with van der Waals surface area (Å²) in [5.41, 5.74) is 7.36. The first-order valence-electron chi connectivity index (χ1n) is 14.5. The Labute approximate surface area is 250 Å². The van der Waals surface area contributed by atoms with E-state index in [1.54, 1.807) is 0 Å². The van der Waals surface area contributed by atoms with Crippen molar-refractivity contribution in [3.63, 3.8) is 0 Å². The van der Waals surface area contributed by atoms with Crippen LogP contribution in [0.3, 0.4) is 0 Å². The molecule has 200 valence electrons. The van der Waals surface area contributed by atoms with Crippen molar-refractivity contribution in [2.24, 2.45) is 0 Å². The monoisotopic (exact) mass is 566 g/mol. The number of fused-ring (bicyclic) bond motifs is 9. The summed E-state index contributed by atoms with van der Waals surface area (Å²) in [6.07, 6.45) is 1.92. The van der Waals surface area contributed by atoms with E-state index in [-0.39, 0.29) is 0 Å². The van der Waals surface area contributed by atoms with Gasteiger partial charge in [-0.1, -0.05) is 91.0 Å². The lowest BCUT2D eigenvalue weighted by molar-refractivity contribution is 0.614. The van der Waals surface area contributed by atoms with E-state index >= 15 is 0 Å². The van der Waals surface area contributed by atoms with Gasteiger partial charge in [-0.25, -0.2) is 0 Å². The van der Waals surface area contributed by atoms with Crippen molar-refractivity contribution in [3.8, 4) is 22.3 Å². The van der Waals surface area contributed by atoms with E-state index in [0.29, 0.717) is 0 Å². The highest BCUT2D eigenvalue weighted by Crippen LogP contribution is 2.47. The first-order valence-corrected chi connectivity index (χ1v) is 15.3. The molecule has 3 heterocycles. The quantitative estimate of drug-likeness (QED) is 0.195. The molecule has 43 heavy (non-hydrogen) atoms. The van der Waals surface area contributed by atoms with Crippen molar-refractivity contribution in [2.75, 3.05) is 0 Å². The average Bonchev–Trinajstić information content (AvgIpc) is 3.75. The fraction of sp³-hybridized carbons (Fsp3) is 0. The zero-order chi connectivity index (χ0) is 28.1. The maximum atomic E-state index is 6.24. The van der Waals surface area contributed by atoms with E-state index < -0.39 is 0 Å². The summed E-state index contributed by atoms with van der Waals surface area (Å²) in [4.78, 5) is 0. The number of benzene rings is 7. The van der Waals surface area contributed by atoms with Crippen LogP contribution >= 0.6 is 11.3 Å². The highest BCUT2D eigenvalue weighted by molar-refractivity contribution is 7.25. The standard InChI is InChI=1S/C40H22O2S/c1-3-13-28-26(11-1)39(23-17-18-38-32(19-23)25-10-6-8-16-37(25)43-38)27-12-2-4-14-29(27)40(28)33-22-41-35-21-36-30(20-31(33)35)24-9-5-7-15-34(24)42-36/h1-22H. The van der Waals surface area contributed by atoms with Gasteiger partial charge in [-0.05, 0) is 63.0 Å². The van der Waals surface area contributed by atoms with Crippen LogP contribution in [0.25, 0.3) is 96.9 Å². The maximum Gasteiger partial charge on any atom is 0.139 e. The molecule has 0 fully saturated rings. The van der Waals surface area contributed by atoms with Crippen molar-refractivity contribution in [2.45, 2.75) is 0 Å². The Morgan fingerprint density at radius 3 is 1.79 bits per heavy atom. The number of furan rings is 2. The van der Waals surface area contributed by atoms with Gasteiger partial charge in [-0.15, -0.1) is 11.3 Å². The zero-order valence-corrected chi connectivity index (χ0v) is 23.7. The minimum Gasteiger partial charge on any atom is -0.464 e. The first kappa shape index (κ1) is 23.2. The van der Waals surface area contributed by atoms with Gasteiger partial charge in [0, 0.05) is 53.5 Å². The molecule has 3 aromatic heterocycles. The Balaban J connectivity index is 1.31. The fourth-order valence-corrected chi connectivity index (χ4v) is 8.14. The summed E-state index contributed by atoms with van der Waals surface area (Å²) in [6, 6.07) is 45.8. The second-order valence-corrected chi connectivity index (χ2v) is 12.3. The Hall–Kier alpha value is -5.38. The van der Waals surface area contributed by atoms with Crippen LogP contribution in [0.4, 0.5) is 0 Å². The van der Waals surface area contributed by atoms with Gasteiger partial charge in [0.2, 0.25) is 0 Å². The van der Waals surface area contributed by atoms with Crippen LogP contribution in [0.2, 0.25) is 0 Å². The summed E-state index contributed by atoms with van der Waals surface area (Å²) < 4.78 is 15.1. The molecule has 0 saturated carbocycles. The SMILES string of the molecule is c1ccc2c(c1)oc1cc3occ(-c4c5ccccc5c(-c5ccc6sc7ccccc7c6c5)c5ccccc45)c3cc12. The summed E-state index contributed by atoms with van der Waals surface area (Å²) in [5, 5.41) is 10.8. The molecule has 0 aliphatic heterocycles. The normalized spacial score (nSPS) is 12.2. The van der Waals surface area contributed by atoms with Crippen molar-refractivity contribution < 1.29 is 8.83 Å². The third kappa shape index (κ3) is 3.23. The Morgan fingerprint density at radius 2 is 1.02 bits per heavy atom. The molecule has 0 bridgehead atoms. The molecule has 3 heteroatoms. The molecule has 0 unspecified atom stereocenters. The summed E-state index contributed by atoms with van der Waals surface area (Å²) >= 11 is 1.86. The van der Waals surface area contributed by atoms with Crippen LogP contribution in [-0.2, 0) is 0 Å². The highest BCUT2D eigenvalue weighted by Gasteiger charge is 2.21. The number of hydrogen-bond acceptors (Lipinski definition) is 3. The molecule has 0 radical (unpaired) electrons. The van der Waals surface area contributed by atoms with Gasteiger partial charge in [0.25, 0.3) is 0 Å².